The summed E-state index contributed by atoms with van der Waals surface area (Å²) in [5, 5.41) is 0. The molecule has 1 saturated heterocycles. The molecule has 1 unspecified atom stereocenters. The van der Waals surface area contributed by atoms with E-state index in [2.05, 4.69) is 28.3 Å². The number of nitrogens with zero attached hydrogens (tertiary/aromatic N) is 3. The molecule has 0 radical (unpaired) electrons. The Kier molecular flexibility index (Phi) is 4.78. The van der Waals surface area contributed by atoms with Crippen LogP contribution in [0, 0.1) is 5.92 Å². The summed E-state index contributed by atoms with van der Waals surface area (Å²) in [5.74, 6) is 0.913. The van der Waals surface area contributed by atoms with Crippen molar-refractivity contribution in [2.45, 2.75) is 45.7 Å². The van der Waals surface area contributed by atoms with Gasteiger partial charge in [0.2, 0.25) is 0 Å². The number of rotatable bonds is 5. The van der Waals surface area contributed by atoms with Crippen molar-refractivity contribution in [1.29, 1.82) is 0 Å². The van der Waals surface area contributed by atoms with Gasteiger partial charge < -0.3 is 10.3 Å². The van der Waals surface area contributed by atoms with Gasteiger partial charge in [-0.05, 0) is 38.8 Å². The smallest absolute Gasteiger partial charge is 0.0948 e. The van der Waals surface area contributed by atoms with Crippen molar-refractivity contribution < 1.29 is 0 Å². The third-order valence-corrected chi connectivity index (χ3v) is 4.32. The van der Waals surface area contributed by atoms with Crippen LogP contribution in [0.5, 0.6) is 0 Å². The second-order valence-corrected chi connectivity index (χ2v) is 5.24. The van der Waals surface area contributed by atoms with Crippen LogP contribution in [0.15, 0.2) is 12.5 Å². The number of aryl methyl sites for hydroxylation is 1. The van der Waals surface area contributed by atoms with Gasteiger partial charge in [-0.1, -0.05) is 13.3 Å². The Labute approximate surface area is 110 Å². The maximum atomic E-state index is 6.00. The molecule has 102 valence electrons. The van der Waals surface area contributed by atoms with Crippen LogP contribution in [0.3, 0.4) is 0 Å². The standard InChI is InChI=1S/C14H26N4/c1-3-12-5-7-18(8-6-12)13(9-15)14-10-16-11-17(14)4-2/h10-13H,3-9,15H2,1-2H3. The molecule has 1 atom stereocenters. The quantitative estimate of drug-likeness (QED) is 0.869. The van der Waals surface area contributed by atoms with Crippen molar-refractivity contribution >= 4 is 0 Å². The van der Waals surface area contributed by atoms with Crippen molar-refractivity contribution in [3.63, 3.8) is 0 Å². The van der Waals surface area contributed by atoms with Gasteiger partial charge in [-0.15, -0.1) is 0 Å². The summed E-state index contributed by atoms with van der Waals surface area (Å²) in [7, 11) is 0. The van der Waals surface area contributed by atoms with E-state index < -0.39 is 0 Å². The maximum absolute atomic E-state index is 6.00. The summed E-state index contributed by atoms with van der Waals surface area (Å²) in [6.45, 7) is 8.46. The van der Waals surface area contributed by atoms with E-state index in [1.807, 2.05) is 12.5 Å². The van der Waals surface area contributed by atoms with Gasteiger partial charge in [-0.2, -0.15) is 0 Å². The predicted octanol–water partition coefficient (Wildman–Crippen LogP) is 2.02. The molecule has 0 spiro atoms. The first-order chi connectivity index (χ1) is 8.80. The van der Waals surface area contributed by atoms with E-state index in [-0.39, 0.29) is 0 Å². The molecule has 0 aromatic carbocycles. The van der Waals surface area contributed by atoms with Gasteiger partial charge in [0.25, 0.3) is 0 Å². The number of piperidine rings is 1. The normalized spacial score (nSPS) is 20.2. The van der Waals surface area contributed by atoms with Gasteiger partial charge in [-0.3, -0.25) is 4.90 Å². The van der Waals surface area contributed by atoms with Crippen LogP contribution in [-0.4, -0.2) is 34.1 Å². The van der Waals surface area contributed by atoms with Crippen LogP contribution in [0.1, 0.15) is 44.8 Å². The average Bonchev–Trinajstić information content (AvgIpc) is 2.89. The third-order valence-electron chi connectivity index (χ3n) is 4.32. The van der Waals surface area contributed by atoms with Crippen LogP contribution < -0.4 is 5.73 Å². The Morgan fingerprint density at radius 3 is 2.67 bits per heavy atom. The van der Waals surface area contributed by atoms with Crippen molar-refractivity contribution in [3.05, 3.63) is 18.2 Å². The molecule has 2 N–H and O–H groups in total. The summed E-state index contributed by atoms with van der Waals surface area (Å²) >= 11 is 0. The second kappa shape index (κ2) is 6.34. The predicted molar refractivity (Wildman–Crippen MR) is 74.3 cm³/mol. The molecule has 1 aliphatic rings. The Morgan fingerprint density at radius 1 is 1.39 bits per heavy atom. The second-order valence-electron chi connectivity index (χ2n) is 5.24. The zero-order valence-electron chi connectivity index (χ0n) is 11.7. The molecule has 1 aromatic rings. The summed E-state index contributed by atoms with van der Waals surface area (Å²) in [6.07, 6.45) is 7.83. The van der Waals surface area contributed by atoms with Gasteiger partial charge in [0.05, 0.1) is 18.1 Å². The van der Waals surface area contributed by atoms with E-state index in [1.165, 1.54) is 38.0 Å². The van der Waals surface area contributed by atoms with E-state index in [1.54, 1.807) is 0 Å². The largest absolute Gasteiger partial charge is 0.333 e. The van der Waals surface area contributed by atoms with Crippen LogP contribution in [0.2, 0.25) is 0 Å². The molecule has 1 fully saturated rings. The summed E-state index contributed by atoms with van der Waals surface area (Å²) < 4.78 is 2.21. The summed E-state index contributed by atoms with van der Waals surface area (Å²) in [6, 6.07) is 0.338. The monoisotopic (exact) mass is 250 g/mol. The molecule has 1 aromatic heterocycles. The number of hydrogen-bond acceptors (Lipinski definition) is 3. The minimum absolute atomic E-state index is 0.338. The fraction of sp³-hybridized carbons (Fsp3) is 0.786. The molecule has 2 rings (SSSR count). The SMILES string of the molecule is CCC1CCN(C(CN)c2cncn2CC)CC1. The highest BCUT2D eigenvalue weighted by Gasteiger charge is 2.26. The fourth-order valence-corrected chi connectivity index (χ4v) is 3.00. The van der Waals surface area contributed by atoms with Gasteiger partial charge in [0.1, 0.15) is 0 Å². The molecular weight excluding hydrogens is 224 g/mol. The van der Waals surface area contributed by atoms with Gasteiger partial charge in [-0.25, -0.2) is 4.98 Å². The highest BCUT2D eigenvalue weighted by atomic mass is 15.2. The molecule has 0 amide bonds. The molecule has 0 saturated carbocycles. The Morgan fingerprint density at radius 2 is 2.11 bits per heavy atom. The zero-order chi connectivity index (χ0) is 13.0. The number of likely N-dealkylation sites (tertiary alicyclic amines) is 1. The first kappa shape index (κ1) is 13.6. The minimum Gasteiger partial charge on any atom is -0.333 e. The van der Waals surface area contributed by atoms with Gasteiger partial charge in [0.15, 0.2) is 0 Å². The van der Waals surface area contributed by atoms with Crippen molar-refractivity contribution in [1.82, 2.24) is 14.5 Å². The lowest BCUT2D eigenvalue weighted by atomic mass is 9.93. The maximum Gasteiger partial charge on any atom is 0.0948 e. The van der Waals surface area contributed by atoms with E-state index in [4.69, 9.17) is 5.73 Å². The summed E-state index contributed by atoms with van der Waals surface area (Å²) in [5.41, 5.74) is 7.28. The Bertz CT molecular complexity index is 352. The number of nitrogens with two attached hydrogens (primary N) is 1. The van der Waals surface area contributed by atoms with Gasteiger partial charge >= 0.3 is 0 Å². The fourth-order valence-electron chi connectivity index (χ4n) is 3.00. The average molecular weight is 250 g/mol. The Balaban J connectivity index is 2.05. The van der Waals surface area contributed by atoms with Crippen molar-refractivity contribution in [2.75, 3.05) is 19.6 Å². The Hall–Kier alpha value is -0.870. The summed E-state index contributed by atoms with van der Waals surface area (Å²) in [4.78, 5) is 6.81. The zero-order valence-corrected chi connectivity index (χ0v) is 11.7. The first-order valence-electron chi connectivity index (χ1n) is 7.24. The number of hydrogen-bond donors (Lipinski definition) is 1. The highest BCUT2D eigenvalue weighted by molar-refractivity contribution is 5.07. The van der Waals surface area contributed by atoms with E-state index in [0.717, 1.165) is 12.5 Å². The molecule has 4 nitrogen and oxygen atoms in total. The topological polar surface area (TPSA) is 47.1 Å². The van der Waals surface area contributed by atoms with E-state index in [0.29, 0.717) is 12.6 Å². The third kappa shape index (κ3) is 2.75. The minimum atomic E-state index is 0.338. The molecule has 0 bridgehead atoms. The van der Waals surface area contributed by atoms with Gasteiger partial charge in [0, 0.05) is 19.3 Å². The lowest BCUT2D eigenvalue weighted by Gasteiger charge is -2.37. The first-order valence-corrected chi connectivity index (χ1v) is 7.24. The number of aromatic nitrogens is 2. The van der Waals surface area contributed by atoms with E-state index in [9.17, 15) is 0 Å². The van der Waals surface area contributed by atoms with Crippen LogP contribution in [-0.2, 0) is 6.54 Å². The lowest BCUT2D eigenvalue weighted by Crippen LogP contribution is -2.40. The molecule has 18 heavy (non-hydrogen) atoms. The van der Waals surface area contributed by atoms with Crippen molar-refractivity contribution in [3.8, 4) is 0 Å². The van der Waals surface area contributed by atoms with Crippen molar-refractivity contribution in [2.24, 2.45) is 11.7 Å². The molecule has 1 aliphatic heterocycles. The van der Waals surface area contributed by atoms with Crippen LogP contribution in [0.25, 0.3) is 0 Å². The lowest BCUT2D eigenvalue weighted by molar-refractivity contribution is 0.129. The molecule has 4 heteroatoms. The highest BCUT2D eigenvalue weighted by Crippen LogP contribution is 2.27. The van der Waals surface area contributed by atoms with Crippen LogP contribution >= 0.6 is 0 Å². The molecule has 2 heterocycles. The molecular formula is C14H26N4. The van der Waals surface area contributed by atoms with Crippen LogP contribution in [0.4, 0.5) is 0 Å². The van der Waals surface area contributed by atoms with E-state index >= 15 is 0 Å². The molecule has 0 aliphatic carbocycles. The number of imidazole rings is 1.